The summed E-state index contributed by atoms with van der Waals surface area (Å²) in [5.41, 5.74) is 4.85. The Morgan fingerprint density at radius 2 is 1.96 bits per heavy atom. The zero-order chi connectivity index (χ0) is 19.9. The molecule has 0 amide bonds. The lowest BCUT2D eigenvalue weighted by atomic mass is 10.2. The van der Waals surface area contributed by atoms with Crippen LogP contribution in [0.25, 0.3) is 0 Å². The van der Waals surface area contributed by atoms with Crippen LogP contribution in [0.4, 0.5) is 5.95 Å². The Hall–Kier alpha value is -3.32. The highest BCUT2D eigenvalue weighted by Crippen LogP contribution is 2.28. The van der Waals surface area contributed by atoms with Crippen molar-refractivity contribution in [2.45, 2.75) is 13.5 Å². The number of hydrogen-bond donors (Lipinski definition) is 2. The molecule has 0 unspecified atom stereocenters. The first-order valence-corrected chi connectivity index (χ1v) is 8.83. The van der Waals surface area contributed by atoms with Crippen molar-refractivity contribution in [1.29, 1.82) is 0 Å². The Kier molecular flexibility index (Phi) is 6.29. The molecule has 28 heavy (non-hydrogen) atoms. The minimum atomic E-state index is -0.242. The number of hydrogen-bond acceptors (Lipinski definition) is 6. The standard InChI is InChI=1S/C20H19ClN4O3/c1-13-9-19(26)24-20(23-13)25-22-11-15-5-8-17(18(10-15)27-2)28-12-14-3-6-16(21)7-4-14/h3-11H,12H2,1-2H3,(H2,23,24,25,26)/b22-11-. The number of ether oxygens (including phenoxy) is 2. The number of aromatic nitrogens is 2. The van der Waals surface area contributed by atoms with E-state index >= 15 is 0 Å². The van der Waals surface area contributed by atoms with Crippen LogP contribution in [0.1, 0.15) is 16.8 Å². The number of aryl methyl sites for hydroxylation is 1. The first-order chi connectivity index (χ1) is 13.5. The molecule has 0 fully saturated rings. The molecule has 3 aromatic rings. The number of H-pyrrole nitrogens is 1. The monoisotopic (exact) mass is 398 g/mol. The van der Waals surface area contributed by atoms with Gasteiger partial charge in [0.05, 0.1) is 13.3 Å². The van der Waals surface area contributed by atoms with E-state index in [1.165, 1.54) is 6.07 Å². The first-order valence-electron chi connectivity index (χ1n) is 8.46. The number of benzene rings is 2. The molecule has 1 aromatic heterocycles. The van der Waals surface area contributed by atoms with Gasteiger partial charge in [0.25, 0.3) is 5.56 Å². The minimum Gasteiger partial charge on any atom is -0.493 e. The van der Waals surface area contributed by atoms with Crippen molar-refractivity contribution in [2.75, 3.05) is 12.5 Å². The molecule has 0 radical (unpaired) electrons. The van der Waals surface area contributed by atoms with E-state index in [9.17, 15) is 4.79 Å². The van der Waals surface area contributed by atoms with Gasteiger partial charge in [-0.2, -0.15) is 5.10 Å². The minimum absolute atomic E-state index is 0.242. The zero-order valence-electron chi connectivity index (χ0n) is 15.4. The highest BCUT2D eigenvalue weighted by Gasteiger charge is 2.06. The number of hydrazone groups is 1. The topological polar surface area (TPSA) is 88.6 Å². The number of methoxy groups -OCH3 is 1. The van der Waals surface area contributed by atoms with Crippen molar-refractivity contribution < 1.29 is 9.47 Å². The molecule has 7 nitrogen and oxygen atoms in total. The summed E-state index contributed by atoms with van der Waals surface area (Å²) in [6.45, 7) is 2.13. The molecule has 1 heterocycles. The summed E-state index contributed by atoms with van der Waals surface area (Å²) >= 11 is 5.89. The highest BCUT2D eigenvalue weighted by molar-refractivity contribution is 6.30. The summed E-state index contributed by atoms with van der Waals surface area (Å²) in [4.78, 5) is 18.1. The van der Waals surface area contributed by atoms with E-state index in [-0.39, 0.29) is 11.5 Å². The van der Waals surface area contributed by atoms with Crippen molar-refractivity contribution in [3.05, 3.63) is 80.7 Å². The molecule has 3 rings (SSSR count). The number of rotatable bonds is 7. The van der Waals surface area contributed by atoms with Crippen LogP contribution in [-0.2, 0) is 6.61 Å². The predicted octanol–water partition coefficient (Wildman–Crippen LogP) is 3.77. The second-order valence-electron chi connectivity index (χ2n) is 5.93. The molecule has 0 aliphatic carbocycles. The van der Waals surface area contributed by atoms with E-state index in [1.807, 2.05) is 36.4 Å². The van der Waals surface area contributed by atoms with Gasteiger partial charge in [-0.15, -0.1) is 0 Å². The van der Waals surface area contributed by atoms with Crippen molar-refractivity contribution in [2.24, 2.45) is 5.10 Å². The molecule has 0 saturated heterocycles. The van der Waals surface area contributed by atoms with Crippen LogP contribution in [0.3, 0.4) is 0 Å². The molecule has 2 aromatic carbocycles. The summed E-state index contributed by atoms with van der Waals surface area (Å²) in [5.74, 6) is 1.48. The van der Waals surface area contributed by atoms with Crippen molar-refractivity contribution >= 4 is 23.8 Å². The van der Waals surface area contributed by atoms with E-state index in [4.69, 9.17) is 21.1 Å². The Bertz CT molecular complexity index is 1030. The fraction of sp³-hybridized carbons (Fsp3) is 0.150. The van der Waals surface area contributed by atoms with E-state index in [0.29, 0.717) is 28.8 Å². The van der Waals surface area contributed by atoms with Gasteiger partial charge >= 0.3 is 0 Å². The maximum absolute atomic E-state index is 11.4. The predicted molar refractivity (Wildman–Crippen MR) is 110 cm³/mol. The van der Waals surface area contributed by atoms with Crippen LogP contribution >= 0.6 is 11.6 Å². The van der Waals surface area contributed by atoms with Gasteiger partial charge in [-0.1, -0.05) is 23.7 Å². The molecule has 0 saturated carbocycles. The first kappa shape index (κ1) is 19.4. The summed E-state index contributed by atoms with van der Waals surface area (Å²) < 4.78 is 11.2. The Balaban J connectivity index is 1.66. The SMILES string of the molecule is COc1cc(/C=N\Nc2nc(C)cc(=O)[nH]2)ccc1OCc1ccc(Cl)cc1. The van der Waals surface area contributed by atoms with Gasteiger partial charge in [0, 0.05) is 16.8 Å². The average Bonchev–Trinajstić information content (AvgIpc) is 2.67. The van der Waals surface area contributed by atoms with Crippen LogP contribution in [0.15, 0.2) is 58.4 Å². The molecule has 0 spiro atoms. The Morgan fingerprint density at radius 3 is 2.68 bits per heavy atom. The molecule has 0 aliphatic heterocycles. The zero-order valence-corrected chi connectivity index (χ0v) is 16.2. The molecular formula is C20H19ClN4O3. The Morgan fingerprint density at radius 1 is 1.18 bits per heavy atom. The van der Waals surface area contributed by atoms with Crippen LogP contribution in [0.5, 0.6) is 11.5 Å². The van der Waals surface area contributed by atoms with Gasteiger partial charge in [0.15, 0.2) is 11.5 Å². The smallest absolute Gasteiger partial charge is 0.252 e. The second-order valence-corrected chi connectivity index (χ2v) is 6.37. The normalized spacial score (nSPS) is 10.8. The van der Waals surface area contributed by atoms with E-state index < -0.39 is 0 Å². The van der Waals surface area contributed by atoms with E-state index in [2.05, 4.69) is 20.5 Å². The van der Waals surface area contributed by atoms with Crippen molar-refractivity contribution in [3.63, 3.8) is 0 Å². The van der Waals surface area contributed by atoms with Crippen LogP contribution < -0.4 is 20.5 Å². The molecule has 144 valence electrons. The second kappa shape index (κ2) is 9.05. The summed E-state index contributed by atoms with van der Waals surface area (Å²) in [5, 5.41) is 4.77. The fourth-order valence-corrected chi connectivity index (χ4v) is 2.55. The largest absolute Gasteiger partial charge is 0.493 e. The van der Waals surface area contributed by atoms with E-state index in [1.54, 1.807) is 26.3 Å². The molecule has 0 atom stereocenters. The van der Waals surface area contributed by atoms with Crippen molar-refractivity contribution in [1.82, 2.24) is 9.97 Å². The summed E-state index contributed by atoms with van der Waals surface area (Å²) in [7, 11) is 1.57. The van der Waals surface area contributed by atoms with Gasteiger partial charge in [0.2, 0.25) is 5.95 Å². The fourth-order valence-electron chi connectivity index (χ4n) is 2.43. The van der Waals surface area contributed by atoms with E-state index in [0.717, 1.165) is 11.1 Å². The molecule has 0 aliphatic rings. The third kappa shape index (κ3) is 5.34. The van der Waals surface area contributed by atoms with Crippen molar-refractivity contribution in [3.8, 4) is 11.5 Å². The quantitative estimate of drug-likeness (QED) is 0.467. The average molecular weight is 399 g/mol. The number of nitrogens with zero attached hydrogens (tertiary/aromatic N) is 2. The third-order valence-electron chi connectivity index (χ3n) is 3.75. The van der Waals surface area contributed by atoms with Crippen LogP contribution in [-0.4, -0.2) is 23.3 Å². The number of halogens is 1. The van der Waals surface area contributed by atoms with Gasteiger partial charge in [-0.25, -0.2) is 10.4 Å². The molecular weight excluding hydrogens is 380 g/mol. The summed E-state index contributed by atoms with van der Waals surface area (Å²) in [6.07, 6.45) is 1.59. The third-order valence-corrected chi connectivity index (χ3v) is 4.00. The van der Waals surface area contributed by atoms with Gasteiger partial charge in [-0.05, 0) is 48.4 Å². The number of nitrogens with one attached hydrogen (secondary N) is 2. The van der Waals surface area contributed by atoms with Crippen LogP contribution in [0, 0.1) is 6.92 Å². The lowest BCUT2D eigenvalue weighted by molar-refractivity contribution is 0.284. The highest BCUT2D eigenvalue weighted by atomic mass is 35.5. The lowest BCUT2D eigenvalue weighted by Gasteiger charge is -2.11. The van der Waals surface area contributed by atoms with Gasteiger partial charge < -0.3 is 9.47 Å². The van der Waals surface area contributed by atoms with Crippen LogP contribution in [0.2, 0.25) is 5.02 Å². The number of anilines is 1. The van der Waals surface area contributed by atoms with Gasteiger partial charge in [-0.3, -0.25) is 9.78 Å². The Labute approximate surface area is 167 Å². The van der Waals surface area contributed by atoms with Gasteiger partial charge in [0.1, 0.15) is 6.61 Å². The molecule has 2 N–H and O–H groups in total. The summed E-state index contributed by atoms with van der Waals surface area (Å²) in [6, 6.07) is 14.3. The number of aromatic amines is 1. The lowest BCUT2D eigenvalue weighted by Crippen LogP contribution is -2.10. The maximum Gasteiger partial charge on any atom is 0.252 e. The molecule has 0 bridgehead atoms. The molecule has 8 heteroatoms. The maximum atomic E-state index is 11.4.